The van der Waals surface area contributed by atoms with Gasteiger partial charge in [-0.25, -0.2) is 0 Å². The highest BCUT2D eigenvalue weighted by Gasteiger charge is 2.32. The zero-order chi connectivity index (χ0) is 15.9. The third kappa shape index (κ3) is 2.39. The molecule has 0 aliphatic heterocycles. The number of H-pyrrole nitrogens is 1. The second-order valence-corrected chi connectivity index (χ2v) is 5.05. The Morgan fingerprint density at radius 3 is 2.64 bits per heavy atom. The average molecular weight is 327 g/mol. The number of fused-ring (bicyclic) bond motifs is 1. The normalized spacial score (nSPS) is 11.9. The summed E-state index contributed by atoms with van der Waals surface area (Å²) < 4.78 is 44.3. The van der Waals surface area contributed by atoms with Crippen molar-refractivity contribution in [3.05, 3.63) is 47.1 Å². The van der Waals surface area contributed by atoms with E-state index in [1.165, 1.54) is 13.3 Å². The van der Waals surface area contributed by atoms with Gasteiger partial charge in [-0.1, -0.05) is 23.7 Å². The molecule has 1 heterocycles. The molecule has 1 aromatic heterocycles. The minimum absolute atomic E-state index is 0.256. The van der Waals surface area contributed by atoms with Gasteiger partial charge in [-0.2, -0.15) is 18.3 Å². The standard InChI is InChI=1S/C15H10ClF3N2O/c1-22-13-4-2-3-9(14(13)16)10-5-8(15(17,18)19)6-12-11(10)7-20-21-12/h2-7H,1H3,(H,20,21). The Hall–Kier alpha value is -2.21. The van der Waals surface area contributed by atoms with Crippen LogP contribution in [0.25, 0.3) is 22.0 Å². The van der Waals surface area contributed by atoms with E-state index in [9.17, 15) is 13.2 Å². The van der Waals surface area contributed by atoms with Crippen LogP contribution in [0.2, 0.25) is 5.02 Å². The van der Waals surface area contributed by atoms with Gasteiger partial charge in [0.25, 0.3) is 0 Å². The highest BCUT2D eigenvalue weighted by Crippen LogP contribution is 2.41. The van der Waals surface area contributed by atoms with Gasteiger partial charge in [-0.05, 0) is 23.8 Å². The first-order valence-electron chi connectivity index (χ1n) is 6.29. The number of alkyl halides is 3. The van der Waals surface area contributed by atoms with Crippen molar-refractivity contribution in [2.75, 3.05) is 7.11 Å². The molecule has 3 aromatic rings. The topological polar surface area (TPSA) is 37.9 Å². The molecule has 0 saturated heterocycles. The summed E-state index contributed by atoms with van der Waals surface area (Å²) in [6.45, 7) is 0. The lowest BCUT2D eigenvalue weighted by molar-refractivity contribution is -0.137. The van der Waals surface area contributed by atoms with Crippen LogP contribution in [0.15, 0.2) is 36.5 Å². The van der Waals surface area contributed by atoms with E-state index >= 15 is 0 Å². The molecule has 2 aromatic carbocycles. The van der Waals surface area contributed by atoms with Gasteiger partial charge < -0.3 is 4.74 Å². The lowest BCUT2D eigenvalue weighted by Crippen LogP contribution is -2.05. The Balaban J connectivity index is 2.33. The highest BCUT2D eigenvalue weighted by molar-refractivity contribution is 6.35. The Bertz CT molecular complexity index is 842. The van der Waals surface area contributed by atoms with Crippen LogP contribution in [-0.4, -0.2) is 17.3 Å². The maximum absolute atomic E-state index is 13.1. The molecule has 0 spiro atoms. The molecule has 0 saturated carbocycles. The molecule has 0 fully saturated rings. The summed E-state index contributed by atoms with van der Waals surface area (Å²) in [5.41, 5.74) is 0.336. The van der Waals surface area contributed by atoms with Crippen molar-refractivity contribution in [3.8, 4) is 16.9 Å². The largest absolute Gasteiger partial charge is 0.495 e. The van der Waals surface area contributed by atoms with E-state index in [1.54, 1.807) is 18.2 Å². The Morgan fingerprint density at radius 1 is 1.18 bits per heavy atom. The maximum Gasteiger partial charge on any atom is 0.416 e. The van der Waals surface area contributed by atoms with Crippen molar-refractivity contribution < 1.29 is 17.9 Å². The molecule has 3 nitrogen and oxygen atoms in total. The predicted octanol–water partition coefficient (Wildman–Crippen LogP) is 4.91. The molecule has 0 amide bonds. The number of ether oxygens (including phenoxy) is 1. The molecule has 0 atom stereocenters. The summed E-state index contributed by atoms with van der Waals surface area (Å²) in [7, 11) is 1.45. The van der Waals surface area contributed by atoms with Crippen LogP contribution >= 0.6 is 11.6 Å². The number of aromatic nitrogens is 2. The summed E-state index contributed by atoms with van der Waals surface area (Å²) in [6, 6.07) is 7.06. The minimum atomic E-state index is -4.46. The van der Waals surface area contributed by atoms with Crippen LogP contribution in [0.3, 0.4) is 0 Å². The molecule has 0 aliphatic carbocycles. The van der Waals surface area contributed by atoms with Crippen LogP contribution < -0.4 is 4.74 Å². The Kier molecular flexibility index (Phi) is 3.48. The summed E-state index contributed by atoms with van der Waals surface area (Å²) >= 11 is 6.24. The zero-order valence-corrected chi connectivity index (χ0v) is 12.1. The molecule has 3 rings (SSSR count). The minimum Gasteiger partial charge on any atom is -0.495 e. The van der Waals surface area contributed by atoms with Gasteiger partial charge in [0, 0.05) is 10.9 Å². The van der Waals surface area contributed by atoms with Crippen molar-refractivity contribution in [1.29, 1.82) is 0 Å². The monoisotopic (exact) mass is 326 g/mol. The first-order chi connectivity index (χ1) is 10.4. The summed E-state index contributed by atoms with van der Waals surface area (Å²) in [5, 5.41) is 7.20. The SMILES string of the molecule is COc1cccc(-c2cc(C(F)(F)F)cc3[nH]ncc23)c1Cl. The van der Waals surface area contributed by atoms with E-state index in [4.69, 9.17) is 16.3 Å². The third-order valence-electron chi connectivity index (χ3n) is 3.36. The van der Waals surface area contributed by atoms with Gasteiger partial charge in [0.1, 0.15) is 5.75 Å². The van der Waals surface area contributed by atoms with Gasteiger partial charge in [-0.15, -0.1) is 0 Å². The first kappa shape index (κ1) is 14.7. The maximum atomic E-state index is 13.1. The van der Waals surface area contributed by atoms with Crippen LogP contribution in [-0.2, 0) is 6.18 Å². The van der Waals surface area contributed by atoms with Crippen LogP contribution in [0.1, 0.15) is 5.56 Å². The number of hydrogen-bond acceptors (Lipinski definition) is 2. The summed E-state index contributed by atoms with van der Waals surface area (Å²) in [4.78, 5) is 0. The van der Waals surface area contributed by atoms with Gasteiger partial charge in [0.05, 0.1) is 29.4 Å². The van der Waals surface area contributed by atoms with Crippen LogP contribution in [0.4, 0.5) is 13.2 Å². The van der Waals surface area contributed by atoms with Crippen molar-refractivity contribution in [2.24, 2.45) is 0 Å². The molecule has 7 heteroatoms. The van der Waals surface area contributed by atoms with Crippen molar-refractivity contribution in [2.45, 2.75) is 6.18 Å². The number of aromatic amines is 1. The molecule has 114 valence electrons. The van der Waals surface area contributed by atoms with Gasteiger partial charge in [0.2, 0.25) is 0 Å². The molecular weight excluding hydrogens is 317 g/mol. The molecule has 0 bridgehead atoms. The second-order valence-electron chi connectivity index (χ2n) is 4.67. The summed E-state index contributed by atoms with van der Waals surface area (Å²) in [6.07, 6.45) is -2.99. The lowest BCUT2D eigenvalue weighted by Gasteiger charge is -2.13. The Morgan fingerprint density at radius 2 is 1.95 bits per heavy atom. The lowest BCUT2D eigenvalue weighted by atomic mass is 9.98. The number of methoxy groups -OCH3 is 1. The average Bonchev–Trinajstić information content (AvgIpc) is 2.94. The van der Waals surface area contributed by atoms with E-state index in [0.717, 1.165) is 12.1 Å². The third-order valence-corrected chi connectivity index (χ3v) is 3.75. The highest BCUT2D eigenvalue weighted by atomic mass is 35.5. The Labute approximate surface area is 128 Å². The fourth-order valence-electron chi connectivity index (χ4n) is 2.31. The van der Waals surface area contributed by atoms with Crippen molar-refractivity contribution >= 4 is 22.5 Å². The van der Waals surface area contributed by atoms with Gasteiger partial charge in [0.15, 0.2) is 0 Å². The second kappa shape index (κ2) is 5.21. The number of halogens is 4. The first-order valence-corrected chi connectivity index (χ1v) is 6.67. The predicted molar refractivity (Wildman–Crippen MR) is 78.1 cm³/mol. The quantitative estimate of drug-likeness (QED) is 0.726. The van der Waals surface area contributed by atoms with Crippen molar-refractivity contribution in [1.82, 2.24) is 10.2 Å². The zero-order valence-electron chi connectivity index (χ0n) is 11.3. The number of benzene rings is 2. The number of nitrogens with zero attached hydrogens (tertiary/aromatic N) is 1. The van der Waals surface area contributed by atoms with E-state index < -0.39 is 11.7 Å². The molecule has 1 N–H and O–H groups in total. The molecule has 0 aliphatic rings. The summed E-state index contributed by atoms with van der Waals surface area (Å²) in [5.74, 6) is 0.397. The van der Waals surface area contributed by atoms with E-state index in [0.29, 0.717) is 27.8 Å². The molecule has 0 radical (unpaired) electrons. The van der Waals surface area contributed by atoms with E-state index in [2.05, 4.69) is 10.2 Å². The van der Waals surface area contributed by atoms with Crippen molar-refractivity contribution in [3.63, 3.8) is 0 Å². The van der Waals surface area contributed by atoms with Crippen LogP contribution in [0, 0.1) is 0 Å². The molecule has 0 unspecified atom stereocenters. The van der Waals surface area contributed by atoms with E-state index in [1.807, 2.05) is 0 Å². The molecular formula is C15H10ClF3N2O. The van der Waals surface area contributed by atoms with Crippen LogP contribution in [0.5, 0.6) is 5.75 Å². The fourth-order valence-corrected chi connectivity index (χ4v) is 2.62. The van der Waals surface area contributed by atoms with Gasteiger partial charge >= 0.3 is 6.18 Å². The molecule has 22 heavy (non-hydrogen) atoms. The van der Waals surface area contributed by atoms with E-state index in [-0.39, 0.29) is 5.02 Å². The smallest absolute Gasteiger partial charge is 0.416 e. The number of rotatable bonds is 2. The fraction of sp³-hybridized carbons (Fsp3) is 0.133. The number of hydrogen-bond donors (Lipinski definition) is 1. The number of nitrogens with one attached hydrogen (secondary N) is 1. The van der Waals surface area contributed by atoms with Gasteiger partial charge in [-0.3, -0.25) is 5.10 Å².